The number of tetrazole rings is 1. The summed E-state index contributed by atoms with van der Waals surface area (Å²) in [4.78, 5) is 0. The Labute approximate surface area is 88.0 Å². The van der Waals surface area contributed by atoms with Gasteiger partial charge in [0.2, 0.25) is 5.95 Å². The summed E-state index contributed by atoms with van der Waals surface area (Å²) in [6, 6.07) is 0.216. The van der Waals surface area contributed by atoms with Crippen LogP contribution in [0.1, 0.15) is 13.3 Å². The van der Waals surface area contributed by atoms with Crippen molar-refractivity contribution in [2.24, 2.45) is 12.8 Å². The summed E-state index contributed by atoms with van der Waals surface area (Å²) in [5.41, 5.74) is 5.89. The first-order valence-corrected chi connectivity index (χ1v) is 5.08. The van der Waals surface area contributed by atoms with E-state index in [1.165, 1.54) is 0 Å². The molecule has 0 aliphatic heterocycles. The van der Waals surface area contributed by atoms with Crippen LogP contribution in [-0.2, 0) is 11.8 Å². The number of hydrogen-bond acceptors (Lipinski definition) is 6. The van der Waals surface area contributed by atoms with Gasteiger partial charge < -0.3 is 15.8 Å². The molecule has 3 N–H and O–H groups in total. The van der Waals surface area contributed by atoms with Crippen molar-refractivity contribution in [3.05, 3.63) is 0 Å². The van der Waals surface area contributed by atoms with Gasteiger partial charge in [0.15, 0.2) is 0 Å². The van der Waals surface area contributed by atoms with Gasteiger partial charge in [0.05, 0.1) is 12.1 Å². The summed E-state index contributed by atoms with van der Waals surface area (Å²) in [6.45, 7) is 2.68. The Morgan fingerprint density at radius 2 is 2.47 bits per heavy atom. The minimum atomic E-state index is 0.106. The van der Waals surface area contributed by atoms with Crippen LogP contribution in [0.25, 0.3) is 0 Å². The average Bonchev–Trinajstić information content (AvgIpc) is 2.60. The largest absolute Gasteiger partial charge is 0.376 e. The van der Waals surface area contributed by atoms with Gasteiger partial charge in [-0.1, -0.05) is 5.10 Å². The second-order valence-electron chi connectivity index (χ2n) is 3.69. The van der Waals surface area contributed by atoms with E-state index in [4.69, 9.17) is 10.5 Å². The van der Waals surface area contributed by atoms with Crippen molar-refractivity contribution in [3.8, 4) is 0 Å². The first-order valence-electron chi connectivity index (χ1n) is 5.08. The molecule has 3 unspecified atom stereocenters. The maximum Gasteiger partial charge on any atom is 0.243 e. The normalized spacial score (nSPS) is 29.9. The fourth-order valence-corrected chi connectivity index (χ4v) is 1.73. The van der Waals surface area contributed by atoms with Crippen molar-refractivity contribution < 1.29 is 4.74 Å². The molecule has 0 saturated heterocycles. The predicted octanol–water partition coefficient (Wildman–Crippen LogP) is -0.873. The fraction of sp³-hybridized carbons (Fsp3) is 0.875. The van der Waals surface area contributed by atoms with Gasteiger partial charge in [-0.15, -0.1) is 0 Å². The van der Waals surface area contributed by atoms with Crippen LogP contribution in [0.15, 0.2) is 0 Å². The minimum Gasteiger partial charge on any atom is -0.376 e. The third-order valence-corrected chi connectivity index (χ3v) is 2.66. The highest BCUT2D eigenvalue weighted by Crippen LogP contribution is 2.25. The highest BCUT2D eigenvalue weighted by Gasteiger charge is 2.40. The monoisotopic (exact) mass is 212 g/mol. The van der Waals surface area contributed by atoms with E-state index in [1.54, 1.807) is 11.7 Å². The van der Waals surface area contributed by atoms with E-state index in [2.05, 4.69) is 20.8 Å². The van der Waals surface area contributed by atoms with Crippen LogP contribution in [0.4, 0.5) is 5.95 Å². The molecule has 0 bridgehead atoms. The standard InChI is InChI=1S/C8H16N6O/c1-3-15-6-4-5(9)7(6)10-8-11-12-13-14(8)2/h5-7H,3-4,9H2,1-2H3,(H,10,11,13). The molecule has 84 valence electrons. The lowest BCUT2D eigenvalue weighted by Gasteiger charge is -2.42. The highest BCUT2D eigenvalue weighted by atomic mass is 16.5. The number of aryl methyl sites for hydroxylation is 1. The van der Waals surface area contributed by atoms with Crippen LogP contribution in [-0.4, -0.2) is 45.0 Å². The van der Waals surface area contributed by atoms with E-state index in [-0.39, 0.29) is 18.2 Å². The van der Waals surface area contributed by atoms with E-state index in [9.17, 15) is 0 Å². The van der Waals surface area contributed by atoms with Crippen molar-refractivity contribution in [1.82, 2.24) is 20.2 Å². The number of nitrogens with zero attached hydrogens (tertiary/aromatic N) is 4. The molecular formula is C8H16N6O. The Kier molecular flexibility index (Phi) is 2.83. The van der Waals surface area contributed by atoms with E-state index >= 15 is 0 Å². The van der Waals surface area contributed by atoms with Gasteiger partial charge in [-0.05, 0) is 23.8 Å². The van der Waals surface area contributed by atoms with Crippen LogP contribution in [0.2, 0.25) is 0 Å². The van der Waals surface area contributed by atoms with Crippen LogP contribution in [0.3, 0.4) is 0 Å². The molecule has 1 saturated carbocycles. The Hall–Kier alpha value is -1.21. The zero-order chi connectivity index (χ0) is 10.8. The number of hydrogen-bond donors (Lipinski definition) is 2. The summed E-state index contributed by atoms with van der Waals surface area (Å²) in [7, 11) is 1.78. The zero-order valence-electron chi connectivity index (χ0n) is 8.92. The third-order valence-electron chi connectivity index (χ3n) is 2.66. The van der Waals surface area contributed by atoms with E-state index < -0.39 is 0 Å². The summed E-state index contributed by atoms with van der Waals surface area (Å²) in [5, 5.41) is 14.3. The second kappa shape index (κ2) is 4.11. The van der Waals surface area contributed by atoms with Gasteiger partial charge in [-0.2, -0.15) is 0 Å². The molecule has 1 aromatic heterocycles. The fourth-order valence-electron chi connectivity index (χ4n) is 1.73. The van der Waals surface area contributed by atoms with E-state index in [1.807, 2.05) is 6.92 Å². The molecule has 1 aliphatic carbocycles. The molecule has 7 heteroatoms. The van der Waals surface area contributed by atoms with Crippen LogP contribution < -0.4 is 11.1 Å². The number of nitrogens with one attached hydrogen (secondary N) is 1. The Morgan fingerprint density at radius 3 is 3.00 bits per heavy atom. The highest BCUT2D eigenvalue weighted by molar-refractivity contribution is 5.28. The number of nitrogens with two attached hydrogens (primary N) is 1. The van der Waals surface area contributed by atoms with Crippen LogP contribution >= 0.6 is 0 Å². The number of rotatable bonds is 4. The van der Waals surface area contributed by atoms with Gasteiger partial charge in [-0.3, -0.25) is 0 Å². The number of aromatic nitrogens is 4. The van der Waals surface area contributed by atoms with Crippen molar-refractivity contribution in [2.45, 2.75) is 31.5 Å². The third kappa shape index (κ3) is 1.93. The van der Waals surface area contributed by atoms with E-state index in [0.29, 0.717) is 12.6 Å². The summed E-state index contributed by atoms with van der Waals surface area (Å²) in [5.74, 6) is 0.625. The Bertz CT molecular complexity index is 325. The molecule has 1 fully saturated rings. The average molecular weight is 212 g/mol. The molecule has 3 atom stereocenters. The van der Waals surface area contributed by atoms with Crippen molar-refractivity contribution in [2.75, 3.05) is 11.9 Å². The molecular weight excluding hydrogens is 196 g/mol. The molecule has 0 spiro atoms. The minimum absolute atomic E-state index is 0.106. The van der Waals surface area contributed by atoms with Crippen molar-refractivity contribution >= 4 is 5.95 Å². The molecule has 0 aromatic carbocycles. The summed E-state index contributed by atoms with van der Waals surface area (Å²) < 4.78 is 7.11. The van der Waals surface area contributed by atoms with Gasteiger partial charge >= 0.3 is 0 Å². The molecule has 1 heterocycles. The molecule has 1 aliphatic rings. The van der Waals surface area contributed by atoms with E-state index in [0.717, 1.165) is 6.42 Å². The molecule has 0 radical (unpaired) electrons. The molecule has 2 rings (SSSR count). The quantitative estimate of drug-likeness (QED) is 0.674. The lowest BCUT2D eigenvalue weighted by Crippen LogP contribution is -2.60. The first kappa shape index (κ1) is 10.3. The van der Waals surface area contributed by atoms with Crippen LogP contribution in [0.5, 0.6) is 0 Å². The van der Waals surface area contributed by atoms with Crippen molar-refractivity contribution in [3.63, 3.8) is 0 Å². The smallest absolute Gasteiger partial charge is 0.243 e. The Morgan fingerprint density at radius 1 is 1.67 bits per heavy atom. The topological polar surface area (TPSA) is 90.9 Å². The number of anilines is 1. The summed E-state index contributed by atoms with van der Waals surface area (Å²) in [6.07, 6.45) is 1.05. The van der Waals surface area contributed by atoms with Gasteiger partial charge in [0.25, 0.3) is 0 Å². The molecule has 7 nitrogen and oxygen atoms in total. The molecule has 0 amide bonds. The van der Waals surface area contributed by atoms with Gasteiger partial charge in [-0.25, -0.2) is 4.68 Å². The van der Waals surface area contributed by atoms with Crippen molar-refractivity contribution in [1.29, 1.82) is 0 Å². The predicted molar refractivity (Wildman–Crippen MR) is 54.2 cm³/mol. The SMILES string of the molecule is CCOC1CC(N)C1Nc1nnnn1C. The lowest BCUT2D eigenvalue weighted by molar-refractivity contribution is -0.0129. The zero-order valence-corrected chi connectivity index (χ0v) is 8.92. The van der Waals surface area contributed by atoms with Gasteiger partial charge in [0, 0.05) is 19.7 Å². The Balaban J connectivity index is 1.96. The molecule has 15 heavy (non-hydrogen) atoms. The first-order chi connectivity index (χ1) is 7.22. The van der Waals surface area contributed by atoms with Gasteiger partial charge in [0.1, 0.15) is 0 Å². The maximum atomic E-state index is 5.89. The second-order valence-corrected chi connectivity index (χ2v) is 3.69. The lowest BCUT2D eigenvalue weighted by atomic mass is 9.83. The van der Waals surface area contributed by atoms with Crippen LogP contribution in [0, 0.1) is 0 Å². The maximum absolute atomic E-state index is 5.89. The number of ether oxygens (including phenoxy) is 1. The summed E-state index contributed by atoms with van der Waals surface area (Å²) >= 11 is 0. The molecule has 1 aromatic rings.